The molecule has 16 heavy (non-hydrogen) atoms. The standard InChI is InChI=1S/C9H10N2O3S2/c10-7-8-3-4-9(15-8)16(12,13)11-5-1-2-6-14-11/h3-4H,1-2,5-6H2. The number of sulfonamides is 1. The van der Waals surface area contributed by atoms with E-state index in [0.29, 0.717) is 18.0 Å². The minimum absolute atomic E-state index is 0.158. The van der Waals surface area contributed by atoms with Gasteiger partial charge in [0.15, 0.2) is 0 Å². The van der Waals surface area contributed by atoms with Crippen LogP contribution in [0, 0.1) is 11.3 Å². The van der Waals surface area contributed by atoms with Crippen molar-refractivity contribution in [3.63, 3.8) is 0 Å². The zero-order chi connectivity index (χ0) is 11.6. The molecule has 0 saturated carbocycles. The Morgan fingerprint density at radius 3 is 2.81 bits per heavy atom. The molecule has 0 bridgehead atoms. The van der Waals surface area contributed by atoms with Crippen molar-refractivity contribution in [1.82, 2.24) is 4.47 Å². The van der Waals surface area contributed by atoms with E-state index in [1.165, 1.54) is 12.1 Å². The molecule has 1 aromatic heterocycles. The van der Waals surface area contributed by atoms with Crippen molar-refractivity contribution >= 4 is 21.4 Å². The van der Waals surface area contributed by atoms with Crippen molar-refractivity contribution in [2.24, 2.45) is 0 Å². The number of nitriles is 1. The molecule has 86 valence electrons. The van der Waals surface area contributed by atoms with Crippen molar-refractivity contribution in [2.75, 3.05) is 13.2 Å². The van der Waals surface area contributed by atoms with Crippen LogP contribution in [0.5, 0.6) is 0 Å². The van der Waals surface area contributed by atoms with E-state index in [1.807, 2.05) is 6.07 Å². The summed E-state index contributed by atoms with van der Waals surface area (Å²) in [5, 5.41) is 8.65. The SMILES string of the molecule is N#Cc1ccc(S(=O)(=O)N2CCCCO2)s1. The monoisotopic (exact) mass is 258 g/mol. The second kappa shape index (κ2) is 4.51. The molecule has 2 rings (SSSR count). The summed E-state index contributed by atoms with van der Waals surface area (Å²) in [6.45, 7) is 0.803. The van der Waals surface area contributed by atoms with Crippen LogP contribution in [0.3, 0.4) is 0 Å². The highest BCUT2D eigenvalue weighted by atomic mass is 32.2. The van der Waals surface area contributed by atoms with Crippen LogP contribution in [0.15, 0.2) is 16.3 Å². The fourth-order valence-corrected chi connectivity index (χ4v) is 3.88. The van der Waals surface area contributed by atoms with Gasteiger partial charge in [-0.2, -0.15) is 5.26 Å². The minimum Gasteiger partial charge on any atom is -0.284 e. The third-order valence-corrected chi connectivity index (χ3v) is 5.32. The van der Waals surface area contributed by atoms with Crippen LogP contribution in [-0.2, 0) is 14.9 Å². The summed E-state index contributed by atoms with van der Waals surface area (Å²) in [5.74, 6) is 0. The molecule has 1 aromatic rings. The predicted octanol–water partition coefficient (Wildman–Crippen LogP) is 1.34. The molecule has 0 aromatic carbocycles. The van der Waals surface area contributed by atoms with E-state index in [2.05, 4.69) is 0 Å². The molecule has 1 saturated heterocycles. The van der Waals surface area contributed by atoms with Gasteiger partial charge >= 0.3 is 0 Å². The van der Waals surface area contributed by atoms with Crippen molar-refractivity contribution < 1.29 is 13.3 Å². The van der Waals surface area contributed by atoms with Gasteiger partial charge in [-0.05, 0) is 25.0 Å². The van der Waals surface area contributed by atoms with Gasteiger partial charge in [0, 0.05) is 6.54 Å². The third kappa shape index (κ3) is 2.10. The van der Waals surface area contributed by atoms with Gasteiger partial charge in [-0.1, -0.05) is 4.47 Å². The summed E-state index contributed by atoms with van der Waals surface area (Å²) in [7, 11) is -3.57. The predicted molar refractivity (Wildman–Crippen MR) is 58.1 cm³/mol. The van der Waals surface area contributed by atoms with Crippen molar-refractivity contribution in [2.45, 2.75) is 17.1 Å². The summed E-state index contributed by atoms with van der Waals surface area (Å²) in [4.78, 5) is 5.49. The van der Waals surface area contributed by atoms with E-state index in [-0.39, 0.29) is 4.21 Å². The molecular weight excluding hydrogens is 248 g/mol. The molecule has 0 amide bonds. The molecule has 1 fully saturated rings. The van der Waals surface area contributed by atoms with Crippen LogP contribution in [0.25, 0.3) is 0 Å². The van der Waals surface area contributed by atoms with E-state index in [1.54, 1.807) is 0 Å². The van der Waals surface area contributed by atoms with Gasteiger partial charge in [0.1, 0.15) is 15.2 Å². The molecule has 0 radical (unpaired) electrons. The molecule has 0 unspecified atom stereocenters. The van der Waals surface area contributed by atoms with Crippen LogP contribution < -0.4 is 0 Å². The molecule has 7 heteroatoms. The second-order valence-corrected chi connectivity index (χ2v) is 6.44. The first-order chi connectivity index (χ1) is 7.64. The van der Waals surface area contributed by atoms with Crippen molar-refractivity contribution in [3.8, 4) is 6.07 Å². The van der Waals surface area contributed by atoms with Gasteiger partial charge in [-0.25, -0.2) is 8.42 Å². The summed E-state index contributed by atoms with van der Waals surface area (Å²) in [6, 6.07) is 4.86. The quantitative estimate of drug-likeness (QED) is 0.802. The van der Waals surface area contributed by atoms with E-state index in [4.69, 9.17) is 10.1 Å². The maximum absolute atomic E-state index is 12.0. The molecule has 5 nitrogen and oxygen atoms in total. The zero-order valence-electron chi connectivity index (χ0n) is 8.42. The van der Waals surface area contributed by atoms with Crippen LogP contribution in [-0.4, -0.2) is 26.0 Å². The second-order valence-electron chi connectivity index (χ2n) is 3.30. The molecule has 1 aliphatic heterocycles. The average Bonchev–Trinajstić information content (AvgIpc) is 2.79. The van der Waals surface area contributed by atoms with Crippen LogP contribution in [0.1, 0.15) is 17.7 Å². The number of hydroxylamine groups is 1. The molecular formula is C9H10N2O3S2. The number of hydrogen-bond acceptors (Lipinski definition) is 5. The summed E-state index contributed by atoms with van der Waals surface area (Å²) in [6.07, 6.45) is 1.68. The minimum atomic E-state index is -3.57. The number of thiophene rings is 1. The highest BCUT2D eigenvalue weighted by molar-refractivity contribution is 7.91. The number of hydrogen-bond donors (Lipinski definition) is 0. The molecule has 0 spiro atoms. The normalized spacial score (nSPS) is 18.2. The van der Waals surface area contributed by atoms with Gasteiger partial charge < -0.3 is 0 Å². The first-order valence-corrected chi connectivity index (χ1v) is 7.06. The van der Waals surface area contributed by atoms with E-state index in [0.717, 1.165) is 28.6 Å². The first-order valence-electron chi connectivity index (χ1n) is 4.80. The molecule has 0 aliphatic carbocycles. The van der Waals surface area contributed by atoms with Gasteiger partial charge in [0.25, 0.3) is 10.0 Å². The van der Waals surface area contributed by atoms with Gasteiger partial charge in [-0.3, -0.25) is 4.84 Å². The van der Waals surface area contributed by atoms with Gasteiger partial charge in [0.05, 0.1) is 6.61 Å². The zero-order valence-corrected chi connectivity index (χ0v) is 10.1. The van der Waals surface area contributed by atoms with Crippen LogP contribution in [0.4, 0.5) is 0 Å². The number of rotatable bonds is 2. The fourth-order valence-electron chi connectivity index (χ4n) is 1.38. The lowest BCUT2D eigenvalue weighted by atomic mass is 10.3. The molecule has 0 N–H and O–H groups in total. The Bertz CT molecular complexity index is 509. The lowest BCUT2D eigenvalue weighted by Gasteiger charge is -2.24. The number of nitrogens with zero attached hydrogens (tertiary/aromatic N) is 2. The highest BCUT2D eigenvalue weighted by Gasteiger charge is 2.28. The summed E-state index contributed by atoms with van der Waals surface area (Å²) < 4.78 is 25.2. The smallest absolute Gasteiger partial charge is 0.274 e. The van der Waals surface area contributed by atoms with E-state index in [9.17, 15) is 8.42 Å². The Morgan fingerprint density at radius 2 is 2.25 bits per heavy atom. The average molecular weight is 258 g/mol. The fraction of sp³-hybridized carbons (Fsp3) is 0.444. The third-order valence-electron chi connectivity index (χ3n) is 2.18. The Hall–Kier alpha value is -0.940. The first kappa shape index (κ1) is 11.5. The topological polar surface area (TPSA) is 70.4 Å². The van der Waals surface area contributed by atoms with E-state index < -0.39 is 10.0 Å². The summed E-state index contributed by atoms with van der Waals surface area (Å²) >= 11 is 0.963. The Labute approximate surface area is 97.9 Å². The maximum atomic E-state index is 12.0. The van der Waals surface area contributed by atoms with Crippen LogP contribution in [0.2, 0.25) is 0 Å². The van der Waals surface area contributed by atoms with Gasteiger partial charge in [0.2, 0.25) is 0 Å². The molecule has 0 atom stereocenters. The molecule has 2 heterocycles. The summed E-state index contributed by atoms with van der Waals surface area (Å²) in [5.41, 5.74) is 0. The van der Waals surface area contributed by atoms with Gasteiger partial charge in [-0.15, -0.1) is 11.3 Å². The molecule has 1 aliphatic rings. The van der Waals surface area contributed by atoms with E-state index >= 15 is 0 Å². The lowest BCUT2D eigenvalue weighted by molar-refractivity contribution is -0.108. The lowest BCUT2D eigenvalue weighted by Crippen LogP contribution is -2.35. The Kier molecular flexibility index (Phi) is 3.25. The van der Waals surface area contributed by atoms with Crippen LogP contribution >= 0.6 is 11.3 Å². The largest absolute Gasteiger partial charge is 0.284 e. The Balaban J connectivity index is 2.27. The Morgan fingerprint density at radius 1 is 1.44 bits per heavy atom. The highest BCUT2D eigenvalue weighted by Crippen LogP contribution is 2.26. The van der Waals surface area contributed by atoms with Crippen molar-refractivity contribution in [3.05, 3.63) is 17.0 Å². The maximum Gasteiger partial charge on any atom is 0.274 e. The van der Waals surface area contributed by atoms with Crippen molar-refractivity contribution in [1.29, 1.82) is 5.26 Å².